The molecule has 7 nitrogen and oxygen atoms in total. The van der Waals surface area contributed by atoms with Gasteiger partial charge in [-0.2, -0.15) is 0 Å². The molecule has 2 saturated carbocycles. The standard InChI is InChI=1S/C36H48FNO6/c1-23(21-37)25-10-12-27(13-11-25)35(40)38-16-15-30(26-6-3-2-4-7-26)34(38)31(39)19-24-9-14-32-28(18-24)20-33(44-32)36(41)43-22-29-8-5-17-42-29/h9,14,18,20,23,25-27,29-30,34H,2-8,10-13,15-17,19,21-22H2,1H3/t23-,25?,27?,29-,30+,34+/m1/s1. The molecule has 2 aliphatic carbocycles. The number of carbonyl (C=O) groups is 3. The summed E-state index contributed by atoms with van der Waals surface area (Å²) in [6.45, 7) is 3.23. The van der Waals surface area contributed by atoms with E-state index < -0.39 is 12.0 Å². The normalized spacial score (nSPS) is 28.8. The number of Topliss-reactive ketones (excluding diaryl/α,β-unsaturated/α-hetero) is 1. The smallest absolute Gasteiger partial charge is 0.374 e. The van der Waals surface area contributed by atoms with E-state index in [1.54, 1.807) is 6.07 Å². The summed E-state index contributed by atoms with van der Waals surface area (Å²) in [5.41, 5.74) is 1.42. The molecule has 4 atom stereocenters. The lowest BCUT2D eigenvalue weighted by atomic mass is 9.74. The first kappa shape index (κ1) is 31.3. The van der Waals surface area contributed by atoms with Gasteiger partial charge in [0.15, 0.2) is 5.78 Å². The lowest BCUT2D eigenvalue weighted by Crippen LogP contribution is -2.48. The number of hydrogen-bond acceptors (Lipinski definition) is 6. The van der Waals surface area contributed by atoms with Gasteiger partial charge < -0.3 is 18.8 Å². The Morgan fingerprint density at radius 1 is 0.977 bits per heavy atom. The van der Waals surface area contributed by atoms with Gasteiger partial charge in [-0.05, 0) is 92.4 Å². The second-order valence-electron chi connectivity index (χ2n) is 13.9. The Morgan fingerprint density at radius 2 is 1.77 bits per heavy atom. The highest BCUT2D eigenvalue weighted by molar-refractivity contribution is 5.94. The summed E-state index contributed by atoms with van der Waals surface area (Å²) in [6, 6.07) is 6.89. The zero-order valence-corrected chi connectivity index (χ0v) is 26.1. The molecule has 0 radical (unpaired) electrons. The van der Waals surface area contributed by atoms with Crippen molar-refractivity contribution in [3.8, 4) is 0 Å². The zero-order chi connectivity index (χ0) is 30.6. The number of ketones is 1. The quantitative estimate of drug-likeness (QED) is 0.268. The Morgan fingerprint density at radius 3 is 2.50 bits per heavy atom. The number of alkyl halides is 1. The summed E-state index contributed by atoms with van der Waals surface area (Å²) in [5.74, 6) is 0.864. The number of amides is 1. The van der Waals surface area contributed by atoms with Gasteiger partial charge in [0.2, 0.25) is 11.7 Å². The van der Waals surface area contributed by atoms with Crippen molar-refractivity contribution in [1.29, 1.82) is 0 Å². The van der Waals surface area contributed by atoms with Crippen LogP contribution in [0, 0.1) is 29.6 Å². The monoisotopic (exact) mass is 609 g/mol. The second-order valence-corrected chi connectivity index (χ2v) is 13.9. The van der Waals surface area contributed by atoms with Crippen LogP contribution in [0.2, 0.25) is 0 Å². The Balaban J connectivity index is 1.15. The third kappa shape index (κ3) is 6.90. The second kappa shape index (κ2) is 14.1. The molecule has 2 saturated heterocycles. The number of benzene rings is 1. The van der Waals surface area contributed by atoms with Crippen LogP contribution in [0.4, 0.5) is 4.39 Å². The van der Waals surface area contributed by atoms with Gasteiger partial charge >= 0.3 is 5.97 Å². The number of halogens is 1. The van der Waals surface area contributed by atoms with Crippen molar-refractivity contribution in [2.75, 3.05) is 26.4 Å². The lowest BCUT2D eigenvalue weighted by Gasteiger charge is -2.37. The van der Waals surface area contributed by atoms with Gasteiger partial charge in [-0.3, -0.25) is 14.0 Å². The third-order valence-corrected chi connectivity index (χ3v) is 11.1. The zero-order valence-electron chi connectivity index (χ0n) is 26.1. The Bertz CT molecular complexity index is 1300. The van der Waals surface area contributed by atoms with Crippen molar-refractivity contribution < 1.29 is 32.7 Å². The van der Waals surface area contributed by atoms with Crippen LogP contribution in [-0.4, -0.2) is 61.1 Å². The van der Waals surface area contributed by atoms with Crippen LogP contribution in [0.3, 0.4) is 0 Å². The Kier molecular flexibility index (Phi) is 10.0. The van der Waals surface area contributed by atoms with E-state index in [2.05, 4.69) is 0 Å². The van der Waals surface area contributed by atoms with E-state index in [4.69, 9.17) is 13.9 Å². The molecule has 4 aliphatic rings. The van der Waals surface area contributed by atoms with Gasteiger partial charge in [0.1, 0.15) is 12.2 Å². The minimum atomic E-state index is -0.516. The molecule has 0 bridgehead atoms. The molecule has 1 aromatic heterocycles. The van der Waals surface area contributed by atoms with Crippen LogP contribution in [0.15, 0.2) is 28.7 Å². The first-order chi connectivity index (χ1) is 21.4. The molecule has 8 heteroatoms. The number of ether oxygens (including phenoxy) is 2. The Hall–Kier alpha value is -2.74. The maximum atomic E-state index is 14.2. The molecule has 2 aromatic rings. The van der Waals surface area contributed by atoms with Crippen molar-refractivity contribution >= 4 is 28.6 Å². The number of fused-ring (bicyclic) bond motifs is 1. The van der Waals surface area contributed by atoms with Gasteiger partial charge in [-0.25, -0.2) is 4.79 Å². The average Bonchev–Trinajstić information content (AvgIpc) is 3.83. The highest BCUT2D eigenvalue weighted by Gasteiger charge is 2.46. The maximum absolute atomic E-state index is 14.2. The van der Waals surface area contributed by atoms with Crippen molar-refractivity contribution in [1.82, 2.24) is 4.90 Å². The molecule has 0 unspecified atom stereocenters. The Labute approximate surface area is 260 Å². The number of nitrogens with zero attached hydrogens (tertiary/aromatic N) is 1. The average molecular weight is 610 g/mol. The van der Waals surface area contributed by atoms with E-state index >= 15 is 0 Å². The van der Waals surface area contributed by atoms with Gasteiger partial charge in [0.05, 0.1) is 18.8 Å². The van der Waals surface area contributed by atoms with Gasteiger partial charge in [0, 0.05) is 30.9 Å². The summed E-state index contributed by atoms with van der Waals surface area (Å²) >= 11 is 0. The minimum Gasteiger partial charge on any atom is -0.457 e. The number of rotatable bonds is 10. The van der Waals surface area contributed by atoms with Gasteiger partial charge in [-0.15, -0.1) is 0 Å². The summed E-state index contributed by atoms with van der Waals surface area (Å²) in [5, 5.41) is 0.752. The maximum Gasteiger partial charge on any atom is 0.374 e. The van der Waals surface area contributed by atoms with E-state index in [0.29, 0.717) is 30.6 Å². The summed E-state index contributed by atoms with van der Waals surface area (Å²) < 4.78 is 30.0. The molecule has 0 N–H and O–H groups in total. The fourth-order valence-corrected chi connectivity index (χ4v) is 8.45. The molecule has 0 spiro atoms. The molecule has 4 fully saturated rings. The van der Waals surface area contributed by atoms with E-state index in [9.17, 15) is 18.8 Å². The molecule has 240 valence electrons. The van der Waals surface area contributed by atoms with Crippen LogP contribution in [0.1, 0.15) is 100 Å². The fraction of sp³-hybridized carbons (Fsp3) is 0.694. The number of carbonyl (C=O) groups excluding carboxylic acids is 3. The predicted molar refractivity (Wildman–Crippen MR) is 165 cm³/mol. The van der Waals surface area contributed by atoms with E-state index in [0.717, 1.165) is 68.7 Å². The van der Waals surface area contributed by atoms with Gasteiger partial charge in [-0.1, -0.05) is 45.1 Å². The highest BCUT2D eigenvalue weighted by atomic mass is 19.1. The largest absolute Gasteiger partial charge is 0.457 e. The van der Waals surface area contributed by atoms with E-state index in [1.165, 1.54) is 19.3 Å². The molecule has 1 amide bonds. The lowest BCUT2D eigenvalue weighted by molar-refractivity contribution is -0.143. The van der Waals surface area contributed by atoms with Crippen molar-refractivity contribution in [3.05, 3.63) is 35.6 Å². The van der Waals surface area contributed by atoms with Crippen LogP contribution < -0.4 is 0 Å². The number of hydrogen-bond donors (Lipinski definition) is 0. The first-order valence-corrected chi connectivity index (χ1v) is 17.1. The van der Waals surface area contributed by atoms with Crippen LogP contribution in [0.25, 0.3) is 11.0 Å². The van der Waals surface area contributed by atoms with E-state index in [-0.39, 0.29) is 61.0 Å². The molecule has 2 aliphatic heterocycles. The fourth-order valence-electron chi connectivity index (χ4n) is 8.45. The molecule has 44 heavy (non-hydrogen) atoms. The molecular formula is C36H48FNO6. The first-order valence-electron chi connectivity index (χ1n) is 17.1. The summed E-state index contributed by atoms with van der Waals surface area (Å²) in [6.07, 6.45) is 12.2. The molecular weight excluding hydrogens is 561 g/mol. The van der Waals surface area contributed by atoms with Crippen LogP contribution in [-0.2, 0) is 25.5 Å². The van der Waals surface area contributed by atoms with Crippen LogP contribution in [0.5, 0.6) is 0 Å². The molecule has 1 aromatic carbocycles. The van der Waals surface area contributed by atoms with Gasteiger partial charge in [0.25, 0.3) is 0 Å². The topological polar surface area (TPSA) is 86.1 Å². The number of esters is 1. The molecule has 6 rings (SSSR count). The summed E-state index contributed by atoms with van der Waals surface area (Å²) in [7, 11) is 0. The molecule has 3 heterocycles. The summed E-state index contributed by atoms with van der Waals surface area (Å²) in [4.78, 5) is 42.7. The third-order valence-electron chi connectivity index (χ3n) is 11.1. The minimum absolute atomic E-state index is 0.0451. The van der Waals surface area contributed by atoms with Crippen molar-refractivity contribution in [3.63, 3.8) is 0 Å². The predicted octanol–water partition coefficient (Wildman–Crippen LogP) is 7.09. The SMILES string of the molecule is C[C@H](CF)C1CCC(C(=O)N2CC[C@@H](C3CCCCC3)[C@H]2C(=O)Cc2ccc3oc(C(=O)OC[C@H]4CCCO4)cc3c2)CC1. The van der Waals surface area contributed by atoms with E-state index in [1.807, 2.05) is 30.0 Å². The van der Waals surface area contributed by atoms with Crippen molar-refractivity contribution in [2.24, 2.45) is 29.6 Å². The number of furan rings is 1. The van der Waals surface area contributed by atoms with Crippen molar-refractivity contribution in [2.45, 2.75) is 103 Å². The highest BCUT2D eigenvalue weighted by Crippen LogP contribution is 2.42. The van der Waals surface area contributed by atoms with Crippen LogP contribution >= 0.6 is 0 Å². The number of likely N-dealkylation sites (tertiary alicyclic amines) is 1.